The molecule has 0 aliphatic carbocycles. The van der Waals surface area contributed by atoms with Gasteiger partial charge >= 0.3 is 0 Å². The first-order valence-electron chi connectivity index (χ1n) is 3.78. The van der Waals surface area contributed by atoms with Crippen LogP contribution in [0.15, 0.2) is 12.2 Å². The lowest BCUT2D eigenvalue weighted by molar-refractivity contribution is -0.107. The van der Waals surface area contributed by atoms with E-state index in [-0.39, 0.29) is 5.24 Å². The van der Waals surface area contributed by atoms with Gasteiger partial charge < -0.3 is 0 Å². The van der Waals surface area contributed by atoms with Gasteiger partial charge in [-0.25, -0.2) is 0 Å². The van der Waals surface area contributed by atoms with Crippen molar-refractivity contribution in [2.24, 2.45) is 0 Å². The van der Waals surface area contributed by atoms with E-state index in [1.165, 1.54) is 12.5 Å². The number of carbonyl (C=O) groups excluding carboxylic acids is 1. The minimum Gasteiger partial charge on any atom is -0.300 e. The van der Waals surface area contributed by atoms with Crippen LogP contribution in [0.1, 0.15) is 12.8 Å². The van der Waals surface area contributed by atoms with E-state index < -0.39 is 0 Å². The molecule has 1 atom stereocenters. The monoisotopic (exact) mass is 173 g/mol. The smallest absolute Gasteiger partial charge is 0.244 e. The van der Waals surface area contributed by atoms with Crippen molar-refractivity contribution in [2.75, 3.05) is 13.6 Å². The molecule has 1 saturated heterocycles. The zero-order valence-electron chi connectivity index (χ0n) is 6.59. The van der Waals surface area contributed by atoms with Crippen molar-refractivity contribution in [3.05, 3.63) is 12.2 Å². The molecular formula is C8H12ClNO. The summed E-state index contributed by atoms with van der Waals surface area (Å²) < 4.78 is 0. The molecule has 62 valence electrons. The van der Waals surface area contributed by atoms with E-state index in [2.05, 4.69) is 11.9 Å². The van der Waals surface area contributed by atoms with Crippen LogP contribution in [0, 0.1) is 0 Å². The molecule has 3 heteroatoms. The fourth-order valence-electron chi connectivity index (χ4n) is 1.37. The first-order chi connectivity index (χ1) is 5.20. The van der Waals surface area contributed by atoms with Gasteiger partial charge in [0.05, 0.1) is 0 Å². The molecule has 0 aromatic rings. The van der Waals surface area contributed by atoms with Gasteiger partial charge in [0.15, 0.2) is 0 Å². The average Bonchev–Trinajstić information content (AvgIpc) is 2.31. The van der Waals surface area contributed by atoms with Gasteiger partial charge in [-0.2, -0.15) is 0 Å². The van der Waals surface area contributed by atoms with Gasteiger partial charge in [-0.3, -0.25) is 9.69 Å². The predicted molar refractivity (Wildman–Crippen MR) is 45.7 cm³/mol. The maximum atomic E-state index is 10.4. The minimum absolute atomic E-state index is 0.384. The summed E-state index contributed by atoms with van der Waals surface area (Å²) in [7, 11) is 2.06. The minimum atomic E-state index is -0.384. The van der Waals surface area contributed by atoms with Crippen LogP contribution >= 0.6 is 11.6 Å². The van der Waals surface area contributed by atoms with Gasteiger partial charge in [-0.15, -0.1) is 0 Å². The highest BCUT2D eigenvalue weighted by Crippen LogP contribution is 2.15. The lowest BCUT2D eigenvalue weighted by atomic mass is 10.2. The highest BCUT2D eigenvalue weighted by Gasteiger charge is 2.17. The van der Waals surface area contributed by atoms with E-state index in [1.807, 2.05) is 6.08 Å². The Hall–Kier alpha value is -0.340. The maximum absolute atomic E-state index is 10.4. The zero-order chi connectivity index (χ0) is 8.27. The molecule has 1 fully saturated rings. The van der Waals surface area contributed by atoms with Crippen molar-refractivity contribution in [3.63, 3.8) is 0 Å². The summed E-state index contributed by atoms with van der Waals surface area (Å²) in [5.41, 5.74) is 0. The Balaban J connectivity index is 2.42. The van der Waals surface area contributed by atoms with Gasteiger partial charge in [0.2, 0.25) is 5.24 Å². The molecule has 2 nitrogen and oxygen atoms in total. The predicted octanol–water partition coefficient (Wildman–Crippen LogP) is 1.40. The number of allylic oxidation sites excluding steroid dienone is 1. The quantitative estimate of drug-likeness (QED) is 0.465. The fraction of sp³-hybridized carbons (Fsp3) is 0.625. The molecular weight excluding hydrogens is 162 g/mol. The second-order valence-electron chi connectivity index (χ2n) is 2.85. The van der Waals surface area contributed by atoms with Crippen molar-refractivity contribution in [1.29, 1.82) is 0 Å². The van der Waals surface area contributed by atoms with Crippen LogP contribution in [-0.2, 0) is 4.79 Å². The Morgan fingerprint density at radius 1 is 1.73 bits per heavy atom. The Labute approximate surface area is 71.8 Å². The summed E-state index contributed by atoms with van der Waals surface area (Å²) in [6.07, 6.45) is 5.66. The van der Waals surface area contributed by atoms with E-state index in [4.69, 9.17) is 11.6 Å². The van der Waals surface area contributed by atoms with E-state index in [0.29, 0.717) is 6.04 Å². The molecule has 0 aromatic heterocycles. The standard InChI is InChI=1S/C8H12ClNO/c1-10-6-2-3-7(10)4-5-8(9)11/h4-5,7H,2-3,6H2,1H3. The normalized spacial score (nSPS) is 26.5. The summed E-state index contributed by atoms with van der Waals surface area (Å²) in [4.78, 5) is 12.6. The largest absolute Gasteiger partial charge is 0.300 e. The zero-order valence-corrected chi connectivity index (χ0v) is 7.34. The van der Waals surface area contributed by atoms with E-state index in [0.717, 1.165) is 13.0 Å². The number of nitrogens with zero attached hydrogens (tertiary/aromatic N) is 1. The van der Waals surface area contributed by atoms with Crippen LogP contribution in [0.3, 0.4) is 0 Å². The van der Waals surface area contributed by atoms with Crippen molar-refractivity contribution >= 4 is 16.8 Å². The van der Waals surface area contributed by atoms with Gasteiger partial charge in [0.25, 0.3) is 0 Å². The molecule has 0 bridgehead atoms. The Morgan fingerprint density at radius 3 is 2.91 bits per heavy atom. The van der Waals surface area contributed by atoms with E-state index in [9.17, 15) is 4.79 Å². The topological polar surface area (TPSA) is 20.3 Å². The lowest BCUT2D eigenvalue weighted by Gasteiger charge is -2.14. The van der Waals surface area contributed by atoms with Crippen LogP contribution in [0.2, 0.25) is 0 Å². The highest BCUT2D eigenvalue weighted by atomic mass is 35.5. The first kappa shape index (κ1) is 8.75. The number of halogens is 1. The van der Waals surface area contributed by atoms with Crippen molar-refractivity contribution in [2.45, 2.75) is 18.9 Å². The lowest BCUT2D eigenvalue weighted by Crippen LogP contribution is -2.22. The summed E-state index contributed by atoms with van der Waals surface area (Å²) in [6, 6.07) is 0.415. The average molecular weight is 174 g/mol. The molecule has 1 aliphatic heterocycles. The van der Waals surface area contributed by atoms with Gasteiger partial charge in [-0.05, 0) is 44.1 Å². The molecule has 0 N–H and O–H groups in total. The van der Waals surface area contributed by atoms with Crippen molar-refractivity contribution in [3.8, 4) is 0 Å². The third-order valence-electron chi connectivity index (χ3n) is 2.03. The second-order valence-corrected chi connectivity index (χ2v) is 3.23. The summed E-state index contributed by atoms with van der Waals surface area (Å²) in [5.74, 6) is 0. The molecule has 0 radical (unpaired) electrons. The van der Waals surface area contributed by atoms with Crippen LogP contribution in [0.5, 0.6) is 0 Å². The van der Waals surface area contributed by atoms with E-state index in [1.54, 1.807) is 0 Å². The molecule has 0 aromatic carbocycles. The highest BCUT2D eigenvalue weighted by molar-refractivity contribution is 6.66. The Bertz CT molecular complexity index is 179. The molecule has 1 unspecified atom stereocenters. The molecule has 1 aliphatic rings. The van der Waals surface area contributed by atoms with Gasteiger partial charge in [0, 0.05) is 6.04 Å². The molecule has 11 heavy (non-hydrogen) atoms. The summed E-state index contributed by atoms with van der Waals surface area (Å²) in [5, 5.41) is -0.384. The van der Waals surface area contributed by atoms with Gasteiger partial charge in [-0.1, -0.05) is 6.08 Å². The summed E-state index contributed by atoms with van der Waals surface area (Å²) in [6.45, 7) is 1.12. The molecule has 1 rings (SSSR count). The SMILES string of the molecule is CN1CCCC1C=CC(=O)Cl. The van der Waals surface area contributed by atoms with Crippen LogP contribution in [0.25, 0.3) is 0 Å². The fourth-order valence-corrected chi connectivity index (χ4v) is 1.44. The molecule has 0 amide bonds. The summed E-state index contributed by atoms with van der Waals surface area (Å²) >= 11 is 5.16. The Kier molecular flexibility index (Phi) is 3.09. The van der Waals surface area contributed by atoms with Crippen molar-refractivity contribution < 1.29 is 4.79 Å². The number of hydrogen-bond donors (Lipinski definition) is 0. The van der Waals surface area contributed by atoms with E-state index >= 15 is 0 Å². The number of likely N-dealkylation sites (N-methyl/N-ethyl adjacent to an activating group) is 1. The van der Waals surface area contributed by atoms with Crippen LogP contribution < -0.4 is 0 Å². The third-order valence-corrected chi connectivity index (χ3v) is 2.15. The molecule has 0 spiro atoms. The van der Waals surface area contributed by atoms with Crippen LogP contribution in [-0.4, -0.2) is 29.8 Å². The number of carbonyl (C=O) groups is 1. The number of likely N-dealkylation sites (tertiary alicyclic amines) is 1. The second kappa shape index (κ2) is 3.88. The third kappa shape index (κ3) is 2.64. The number of rotatable bonds is 2. The molecule has 1 heterocycles. The Morgan fingerprint density at radius 2 is 2.45 bits per heavy atom. The van der Waals surface area contributed by atoms with Crippen LogP contribution in [0.4, 0.5) is 0 Å². The van der Waals surface area contributed by atoms with Crippen molar-refractivity contribution in [1.82, 2.24) is 4.90 Å². The maximum Gasteiger partial charge on any atom is 0.244 e. The molecule has 0 saturated carbocycles. The van der Waals surface area contributed by atoms with Gasteiger partial charge in [0.1, 0.15) is 0 Å². The first-order valence-corrected chi connectivity index (χ1v) is 4.16. The number of hydrogen-bond acceptors (Lipinski definition) is 2.